The van der Waals surface area contributed by atoms with Crippen LogP contribution in [0.1, 0.15) is 15.9 Å². The molecule has 12 heteroatoms. The number of hydrogen-bond acceptors (Lipinski definition) is 5. The number of rotatable bonds is 5. The van der Waals surface area contributed by atoms with E-state index >= 15 is 0 Å². The number of nitro benzene ring substituents is 1. The van der Waals surface area contributed by atoms with Crippen molar-refractivity contribution in [2.45, 2.75) is 6.18 Å². The molecular formula is C15H9ClF4N2O5. The molecule has 1 N–H and O–H groups in total. The van der Waals surface area contributed by atoms with Crippen LogP contribution in [-0.4, -0.2) is 17.9 Å². The van der Waals surface area contributed by atoms with E-state index in [1.807, 2.05) is 5.48 Å². The normalized spacial score (nSPS) is 11.2. The van der Waals surface area contributed by atoms with Crippen molar-refractivity contribution in [2.24, 2.45) is 0 Å². The zero-order valence-electron chi connectivity index (χ0n) is 13.3. The Morgan fingerprint density at radius 1 is 1.26 bits per heavy atom. The van der Waals surface area contributed by atoms with Gasteiger partial charge in [0.1, 0.15) is 11.3 Å². The van der Waals surface area contributed by atoms with Crippen LogP contribution in [0, 0.1) is 15.9 Å². The van der Waals surface area contributed by atoms with E-state index in [0.717, 1.165) is 25.3 Å². The molecule has 0 aliphatic rings. The summed E-state index contributed by atoms with van der Waals surface area (Å²) in [5.74, 6) is -3.41. The SMILES string of the molecule is CONC(=O)c1cc(Oc2c(F)cc(C(F)(F)F)cc2Cl)ccc1[N+](=O)[O-]. The van der Waals surface area contributed by atoms with Gasteiger partial charge in [0.05, 0.1) is 22.6 Å². The first-order valence-electron chi connectivity index (χ1n) is 6.90. The summed E-state index contributed by atoms with van der Waals surface area (Å²) in [4.78, 5) is 26.4. The van der Waals surface area contributed by atoms with Gasteiger partial charge in [0.15, 0.2) is 11.6 Å². The topological polar surface area (TPSA) is 90.7 Å². The fraction of sp³-hybridized carbons (Fsp3) is 0.133. The van der Waals surface area contributed by atoms with Gasteiger partial charge in [-0.1, -0.05) is 11.6 Å². The van der Waals surface area contributed by atoms with Gasteiger partial charge in [-0.25, -0.2) is 9.87 Å². The van der Waals surface area contributed by atoms with Crippen LogP contribution >= 0.6 is 11.6 Å². The number of alkyl halides is 3. The molecule has 0 aliphatic carbocycles. The Kier molecular flexibility index (Phi) is 5.86. The van der Waals surface area contributed by atoms with Crippen LogP contribution in [-0.2, 0) is 11.0 Å². The van der Waals surface area contributed by atoms with E-state index in [1.165, 1.54) is 0 Å². The van der Waals surface area contributed by atoms with Crippen LogP contribution in [0.4, 0.5) is 23.2 Å². The predicted molar refractivity (Wildman–Crippen MR) is 84.1 cm³/mol. The van der Waals surface area contributed by atoms with E-state index < -0.39 is 50.4 Å². The Labute approximate surface area is 153 Å². The third kappa shape index (κ3) is 4.63. The highest BCUT2D eigenvalue weighted by atomic mass is 35.5. The summed E-state index contributed by atoms with van der Waals surface area (Å²) in [5, 5.41) is 10.3. The molecule has 0 saturated heterocycles. The molecule has 0 saturated carbocycles. The smallest absolute Gasteiger partial charge is 0.416 e. The quantitative estimate of drug-likeness (QED) is 0.447. The lowest BCUT2D eigenvalue weighted by Gasteiger charge is -2.13. The van der Waals surface area contributed by atoms with Gasteiger partial charge in [-0.05, 0) is 18.2 Å². The van der Waals surface area contributed by atoms with Crippen LogP contribution < -0.4 is 10.2 Å². The number of amides is 1. The average Bonchev–Trinajstić information content (AvgIpc) is 2.57. The molecule has 27 heavy (non-hydrogen) atoms. The molecular weight excluding hydrogens is 400 g/mol. The molecule has 0 spiro atoms. The largest absolute Gasteiger partial charge is 0.453 e. The third-order valence-corrected chi connectivity index (χ3v) is 3.43. The van der Waals surface area contributed by atoms with Crippen LogP contribution in [0.25, 0.3) is 0 Å². The van der Waals surface area contributed by atoms with Crippen molar-refractivity contribution in [3.63, 3.8) is 0 Å². The van der Waals surface area contributed by atoms with Crippen molar-refractivity contribution in [1.29, 1.82) is 0 Å². The third-order valence-electron chi connectivity index (χ3n) is 3.15. The second-order valence-corrected chi connectivity index (χ2v) is 5.35. The van der Waals surface area contributed by atoms with E-state index in [0.29, 0.717) is 6.07 Å². The average molecular weight is 409 g/mol. The van der Waals surface area contributed by atoms with Gasteiger partial charge in [-0.2, -0.15) is 13.2 Å². The number of halogens is 5. The number of carbonyl (C=O) groups is 1. The van der Waals surface area contributed by atoms with Crippen LogP contribution in [0.2, 0.25) is 5.02 Å². The molecule has 0 heterocycles. The highest BCUT2D eigenvalue weighted by Gasteiger charge is 2.33. The Hall–Kier alpha value is -2.92. The maximum absolute atomic E-state index is 14.0. The summed E-state index contributed by atoms with van der Waals surface area (Å²) in [7, 11) is 1.10. The van der Waals surface area contributed by atoms with Gasteiger partial charge >= 0.3 is 6.18 Å². The second kappa shape index (κ2) is 7.76. The molecule has 2 aromatic rings. The van der Waals surface area contributed by atoms with Crippen LogP contribution in [0.5, 0.6) is 11.5 Å². The first-order chi connectivity index (χ1) is 12.5. The minimum atomic E-state index is -4.82. The number of hydroxylamine groups is 1. The van der Waals surface area contributed by atoms with Crippen molar-refractivity contribution in [3.05, 3.63) is 62.4 Å². The molecule has 2 rings (SSSR count). The van der Waals surface area contributed by atoms with Gasteiger partial charge < -0.3 is 4.74 Å². The van der Waals surface area contributed by atoms with Crippen molar-refractivity contribution in [2.75, 3.05) is 7.11 Å². The Bertz CT molecular complexity index is 881. The van der Waals surface area contributed by atoms with Gasteiger partial charge in [0, 0.05) is 12.1 Å². The molecule has 0 atom stereocenters. The predicted octanol–water partition coefficient (Wildman–Crippen LogP) is 4.49. The van der Waals surface area contributed by atoms with Crippen LogP contribution in [0.3, 0.4) is 0 Å². The summed E-state index contributed by atoms with van der Waals surface area (Å²) in [6, 6.07) is 3.46. The van der Waals surface area contributed by atoms with Gasteiger partial charge in [0.2, 0.25) is 0 Å². The summed E-state index contributed by atoms with van der Waals surface area (Å²) in [6.45, 7) is 0. The maximum atomic E-state index is 14.0. The number of nitrogens with zero attached hydrogens (tertiary/aromatic N) is 1. The lowest BCUT2D eigenvalue weighted by atomic mass is 10.1. The molecule has 1 amide bonds. The molecule has 0 aromatic heterocycles. The monoisotopic (exact) mass is 408 g/mol. The molecule has 2 aromatic carbocycles. The van der Waals surface area contributed by atoms with Gasteiger partial charge in [0.25, 0.3) is 11.6 Å². The molecule has 0 bridgehead atoms. The van der Waals surface area contributed by atoms with Crippen molar-refractivity contribution in [3.8, 4) is 11.5 Å². The van der Waals surface area contributed by atoms with Crippen molar-refractivity contribution >= 4 is 23.2 Å². The minimum Gasteiger partial charge on any atom is -0.453 e. The standard InChI is InChI=1S/C15H9ClF4N2O5/c1-26-21-14(23)9-6-8(2-3-12(9)22(24)25)27-13-10(16)4-7(5-11(13)17)15(18,19)20/h2-6H,1H3,(H,21,23). The Balaban J connectivity index is 2.45. The number of carbonyl (C=O) groups excluding carboxylic acids is 1. The van der Waals surface area contributed by atoms with Crippen molar-refractivity contribution < 1.29 is 36.9 Å². The number of hydrogen-bond donors (Lipinski definition) is 1. The summed E-state index contributed by atoms with van der Waals surface area (Å²) < 4.78 is 57.1. The maximum Gasteiger partial charge on any atom is 0.416 e. The van der Waals surface area contributed by atoms with Crippen molar-refractivity contribution in [1.82, 2.24) is 5.48 Å². The number of benzene rings is 2. The van der Waals surface area contributed by atoms with E-state index in [1.54, 1.807) is 0 Å². The van der Waals surface area contributed by atoms with Gasteiger partial charge in [-0.15, -0.1) is 0 Å². The molecule has 0 aliphatic heterocycles. The van der Waals surface area contributed by atoms with E-state index in [2.05, 4.69) is 4.84 Å². The fourth-order valence-electron chi connectivity index (χ4n) is 2.01. The number of nitro groups is 1. The highest BCUT2D eigenvalue weighted by molar-refractivity contribution is 6.32. The van der Waals surface area contributed by atoms with E-state index in [-0.39, 0.29) is 11.8 Å². The zero-order valence-corrected chi connectivity index (χ0v) is 14.0. The Morgan fingerprint density at radius 2 is 1.93 bits per heavy atom. The summed E-state index contributed by atoms with van der Waals surface area (Å²) in [5.41, 5.74) is -0.532. The van der Waals surface area contributed by atoms with Crippen LogP contribution in [0.15, 0.2) is 30.3 Å². The molecule has 144 valence electrons. The van der Waals surface area contributed by atoms with Gasteiger partial charge in [-0.3, -0.25) is 19.7 Å². The number of nitrogens with one attached hydrogen (secondary N) is 1. The zero-order chi connectivity index (χ0) is 20.4. The van der Waals surface area contributed by atoms with E-state index in [4.69, 9.17) is 16.3 Å². The Morgan fingerprint density at radius 3 is 2.44 bits per heavy atom. The first-order valence-corrected chi connectivity index (χ1v) is 7.28. The lowest BCUT2D eigenvalue weighted by molar-refractivity contribution is -0.385. The molecule has 0 radical (unpaired) electrons. The molecule has 7 nitrogen and oxygen atoms in total. The first kappa shape index (κ1) is 20.4. The second-order valence-electron chi connectivity index (χ2n) is 4.94. The molecule has 0 unspecified atom stereocenters. The van der Waals surface area contributed by atoms with E-state index in [9.17, 15) is 32.5 Å². The fourth-order valence-corrected chi connectivity index (χ4v) is 2.25. The lowest BCUT2D eigenvalue weighted by Crippen LogP contribution is -2.22. The molecule has 0 fully saturated rings. The highest BCUT2D eigenvalue weighted by Crippen LogP contribution is 2.39. The summed E-state index contributed by atoms with van der Waals surface area (Å²) >= 11 is 5.65. The number of ether oxygens (including phenoxy) is 1. The summed E-state index contributed by atoms with van der Waals surface area (Å²) in [6.07, 6.45) is -4.82. The minimum absolute atomic E-state index is 0.186.